The van der Waals surface area contributed by atoms with Gasteiger partial charge < -0.3 is 14.8 Å². The number of rotatable bonds is 5. The van der Waals surface area contributed by atoms with Crippen molar-refractivity contribution < 1.29 is 13.2 Å². The maximum Gasteiger partial charge on any atom is 0.270 e. The van der Waals surface area contributed by atoms with Gasteiger partial charge in [0, 0.05) is 50.4 Å². The Kier molecular flexibility index (Phi) is 7.44. The fraction of sp³-hybridized carbons (Fsp3) is 0.762. The molecule has 0 bridgehead atoms. The normalized spacial score (nSPS) is 23.4. The van der Waals surface area contributed by atoms with Crippen LogP contribution < -0.4 is 0 Å². The van der Waals surface area contributed by atoms with Crippen molar-refractivity contribution in [2.24, 2.45) is 5.92 Å². The first-order valence-corrected chi connectivity index (χ1v) is 13.9. The number of carbonyl (C=O) groups excluding carboxylic acids is 1. The summed E-state index contributed by atoms with van der Waals surface area (Å²) in [5.41, 5.74) is 0.380. The third-order valence-corrected chi connectivity index (χ3v) is 9.43. The number of piperidine rings is 1. The predicted molar refractivity (Wildman–Crippen MR) is 120 cm³/mol. The Morgan fingerprint density at radius 2 is 1.67 bits per heavy atom. The number of aromatic nitrogens is 1. The number of likely N-dealkylation sites (tertiary alicyclic amines) is 2. The molecule has 3 fully saturated rings. The first-order valence-electron chi connectivity index (χ1n) is 11.3. The molecule has 3 aliphatic rings. The second kappa shape index (κ2) is 10.1. The van der Waals surface area contributed by atoms with Crippen LogP contribution >= 0.6 is 11.8 Å². The monoisotopic (exact) mass is 454 g/mol. The minimum absolute atomic E-state index is 0.0844. The average Bonchev–Trinajstić information content (AvgIpc) is 3.15. The molecular weight excluding hydrogens is 420 g/mol. The van der Waals surface area contributed by atoms with Crippen LogP contribution in [-0.4, -0.2) is 90.7 Å². The van der Waals surface area contributed by atoms with Crippen LogP contribution in [0.15, 0.2) is 17.2 Å². The van der Waals surface area contributed by atoms with Crippen molar-refractivity contribution in [2.45, 2.75) is 43.4 Å². The molecule has 0 unspecified atom stereocenters. The maximum atomic E-state index is 12.9. The summed E-state index contributed by atoms with van der Waals surface area (Å²) >= 11 is 1.77. The number of H-pyrrole nitrogens is 1. The Morgan fingerprint density at radius 1 is 1.00 bits per heavy atom. The Morgan fingerprint density at radius 3 is 2.33 bits per heavy atom. The molecular formula is C21H34N4O3S2. The molecule has 0 atom stereocenters. The summed E-state index contributed by atoms with van der Waals surface area (Å²) in [4.78, 5) is 20.5. The highest BCUT2D eigenvalue weighted by molar-refractivity contribution is 7.99. The number of sulfonamides is 1. The van der Waals surface area contributed by atoms with Gasteiger partial charge in [-0.15, -0.1) is 0 Å². The zero-order chi connectivity index (χ0) is 21.0. The summed E-state index contributed by atoms with van der Waals surface area (Å²) in [5, 5.41) is 0. The highest BCUT2D eigenvalue weighted by Crippen LogP contribution is 2.24. The molecule has 3 aliphatic heterocycles. The van der Waals surface area contributed by atoms with E-state index in [2.05, 4.69) is 9.88 Å². The molecule has 0 aromatic carbocycles. The number of aromatic amines is 1. The highest BCUT2D eigenvalue weighted by atomic mass is 32.2. The van der Waals surface area contributed by atoms with Crippen molar-refractivity contribution >= 4 is 27.7 Å². The van der Waals surface area contributed by atoms with Gasteiger partial charge in [0.25, 0.3) is 5.91 Å². The van der Waals surface area contributed by atoms with Crippen molar-refractivity contribution in [2.75, 3.05) is 57.3 Å². The quantitative estimate of drug-likeness (QED) is 0.740. The molecule has 4 heterocycles. The largest absolute Gasteiger partial charge is 0.356 e. The number of nitrogens with zero attached hydrogens (tertiary/aromatic N) is 3. The molecule has 4 rings (SSSR count). The molecule has 1 aromatic rings. The van der Waals surface area contributed by atoms with Crippen molar-refractivity contribution in [3.8, 4) is 0 Å². The molecule has 0 saturated carbocycles. The maximum absolute atomic E-state index is 12.9. The summed E-state index contributed by atoms with van der Waals surface area (Å²) in [6, 6.07) is 1.52. The van der Waals surface area contributed by atoms with Crippen molar-refractivity contribution in [3.63, 3.8) is 0 Å². The smallest absolute Gasteiger partial charge is 0.270 e. The highest BCUT2D eigenvalue weighted by Gasteiger charge is 2.30. The van der Waals surface area contributed by atoms with E-state index in [0.717, 1.165) is 44.0 Å². The molecule has 0 aliphatic carbocycles. The van der Waals surface area contributed by atoms with Crippen LogP contribution in [0.4, 0.5) is 0 Å². The van der Waals surface area contributed by atoms with Crippen LogP contribution in [0.1, 0.15) is 49.0 Å². The van der Waals surface area contributed by atoms with Gasteiger partial charge >= 0.3 is 0 Å². The van der Waals surface area contributed by atoms with Crippen LogP contribution in [-0.2, 0) is 10.0 Å². The number of hydrogen-bond donors (Lipinski definition) is 1. The van der Waals surface area contributed by atoms with E-state index in [0.29, 0.717) is 24.7 Å². The Labute approximate surface area is 184 Å². The number of carbonyl (C=O) groups is 1. The number of hydrogen-bond acceptors (Lipinski definition) is 5. The summed E-state index contributed by atoms with van der Waals surface area (Å²) in [5.74, 6) is 2.21. The standard InChI is InChI=1S/C21H34N4O3S2/c26-21(20-15-19(16-22-20)30(27,28)25-11-13-29-14-12-25)24-9-5-18(6-10-24)17-23-7-3-1-2-4-8-23/h15-16,18,22H,1-14,17H2. The zero-order valence-electron chi connectivity index (χ0n) is 17.7. The van der Waals surface area contributed by atoms with Gasteiger partial charge in [-0.25, -0.2) is 8.42 Å². The SMILES string of the molecule is O=C(c1cc(S(=O)(=O)N2CCSCC2)c[nH]1)N1CCC(CN2CCCCCC2)CC1. The van der Waals surface area contributed by atoms with Gasteiger partial charge in [0.05, 0.1) is 0 Å². The van der Waals surface area contributed by atoms with Gasteiger partial charge in [-0.2, -0.15) is 16.1 Å². The van der Waals surface area contributed by atoms with E-state index in [1.54, 1.807) is 11.8 Å². The molecule has 0 spiro atoms. The summed E-state index contributed by atoms with van der Waals surface area (Å²) < 4.78 is 27.2. The van der Waals surface area contributed by atoms with Crippen LogP contribution in [0.3, 0.4) is 0 Å². The zero-order valence-corrected chi connectivity index (χ0v) is 19.4. The van der Waals surface area contributed by atoms with Crippen LogP contribution in [0.5, 0.6) is 0 Å². The van der Waals surface area contributed by atoms with Gasteiger partial charge in [0.2, 0.25) is 10.0 Å². The van der Waals surface area contributed by atoms with Gasteiger partial charge in [-0.3, -0.25) is 4.79 Å². The second-order valence-corrected chi connectivity index (χ2v) is 11.9. The number of thioether (sulfide) groups is 1. The Balaban J connectivity index is 1.31. The number of amides is 1. The van der Waals surface area contributed by atoms with E-state index in [4.69, 9.17) is 0 Å². The fourth-order valence-electron chi connectivity index (χ4n) is 4.76. The number of nitrogens with one attached hydrogen (secondary N) is 1. The van der Waals surface area contributed by atoms with Crippen molar-refractivity contribution in [3.05, 3.63) is 18.0 Å². The van der Waals surface area contributed by atoms with Crippen LogP contribution in [0.25, 0.3) is 0 Å². The average molecular weight is 455 g/mol. The summed E-state index contributed by atoms with van der Waals surface area (Å²) in [7, 11) is -3.52. The molecule has 9 heteroatoms. The minimum Gasteiger partial charge on any atom is -0.356 e. The fourth-order valence-corrected chi connectivity index (χ4v) is 7.33. The second-order valence-electron chi connectivity index (χ2n) is 8.72. The van der Waals surface area contributed by atoms with E-state index in [1.807, 2.05) is 4.90 Å². The molecule has 1 aromatic heterocycles. The third kappa shape index (κ3) is 5.23. The van der Waals surface area contributed by atoms with Crippen molar-refractivity contribution in [1.29, 1.82) is 0 Å². The van der Waals surface area contributed by atoms with Gasteiger partial charge in [-0.05, 0) is 50.8 Å². The molecule has 30 heavy (non-hydrogen) atoms. The summed E-state index contributed by atoms with van der Waals surface area (Å²) in [6.45, 7) is 6.16. The van der Waals surface area contributed by atoms with E-state index >= 15 is 0 Å². The minimum atomic E-state index is -3.52. The molecule has 7 nitrogen and oxygen atoms in total. The van der Waals surface area contributed by atoms with Gasteiger partial charge in [-0.1, -0.05) is 12.8 Å². The van der Waals surface area contributed by atoms with E-state index in [-0.39, 0.29) is 10.8 Å². The molecule has 3 saturated heterocycles. The first-order chi connectivity index (χ1) is 14.5. The molecule has 168 valence electrons. The van der Waals surface area contributed by atoms with Crippen LogP contribution in [0.2, 0.25) is 0 Å². The first kappa shape index (κ1) is 22.2. The topological polar surface area (TPSA) is 76.7 Å². The lowest BCUT2D eigenvalue weighted by Gasteiger charge is -2.34. The lowest BCUT2D eigenvalue weighted by Crippen LogP contribution is -2.42. The van der Waals surface area contributed by atoms with E-state index in [9.17, 15) is 13.2 Å². The van der Waals surface area contributed by atoms with Gasteiger partial charge in [0.1, 0.15) is 10.6 Å². The van der Waals surface area contributed by atoms with E-state index in [1.165, 1.54) is 55.3 Å². The Hall–Kier alpha value is -1.03. The molecule has 1 amide bonds. The van der Waals surface area contributed by atoms with E-state index < -0.39 is 10.0 Å². The predicted octanol–water partition coefficient (Wildman–Crippen LogP) is 2.48. The molecule has 1 N–H and O–H groups in total. The molecule has 0 radical (unpaired) electrons. The lowest BCUT2D eigenvalue weighted by molar-refractivity contribution is 0.0662. The Bertz CT molecular complexity index is 804. The van der Waals surface area contributed by atoms with Gasteiger partial charge in [0.15, 0.2) is 0 Å². The third-order valence-electron chi connectivity index (χ3n) is 6.61. The lowest BCUT2D eigenvalue weighted by atomic mass is 9.96. The van der Waals surface area contributed by atoms with Crippen LogP contribution in [0, 0.1) is 5.92 Å². The van der Waals surface area contributed by atoms with Crippen molar-refractivity contribution in [1.82, 2.24) is 19.1 Å². The summed E-state index contributed by atoms with van der Waals surface area (Å²) in [6.07, 6.45) is 8.86.